The molecule has 9 heteroatoms. The Morgan fingerprint density at radius 1 is 1.08 bits per heavy atom. The van der Waals surface area contributed by atoms with Gasteiger partial charge in [0.05, 0.1) is 25.2 Å². The number of anilines is 1. The molecule has 1 heterocycles. The molecule has 0 bridgehead atoms. The van der Waals surface area contributed by atoms with Gasteiger partial charge in [0.2, 0.25) is 5.91 Å². The van der Waals surface area contributed by atoms with E-state index in [4.69, 9.17) is 4.74 Å². The molecule has 5 atom stereocenters. The van der Waals surface area contributed by atoms with E-state index in [9.17, 15) is 24.6 Å². The third kappa shape index (κ3) is 8.22. The summed E-state index contributed by atoms with van der Waals surface area (Å²) in [4.78, 5) is 38.0. The van der Waals surface area contributed by atoms with E-state index in [1.54, 1.807) is 11.0 Å². The van der Waals surface area contributed by atoms with Gasteiger partial charge in [0.25, 0.3) is 5.91 Å². The minimum atomic E-state index is -2.65. The van der Waals surface area contributed by atoms with Crippen molar-refractivity contribution in [3.8, 4) is 0 Å². The second-order valence-corrected chi connectivity index (χ2v) is 14.9. The van der Waals surface area contributed by atoms with Crippen molar-refractivity contribution in [3.05, 3.63) is 65.7 Å². The Morgan fingerprint density at radius 2 is 1.76 bits per heavy atom. The zero-order chi connectivity index (χ0) is 27.9. The van der Waals surface area contributed by atoms with Crippen LogP contribution in [0.4, 0.5) is 5.69 Å². The first kappa shape index (κ1) is 30.0. The Balaban J connectivity index is 1.68. The van der Waals surface area contributed by atoms with Crippen molar-refractivity contribution in [1.29, 1.82) is 0 Å². The van der Waals surface area contributed by atoms with Crippen molar-refractivity contribution in [3.63, 3.8) is 0 Å². The Morgan fingerprint density at radius 3 is 2.39 bits per heavy atom. The molecule has 0 unspecified atom stereocenters. The van der Waals surface area contributed by atoms with Crippen LogP contribution in [0.3, 0.4) is 0 Å². The predicted molar refractivity (Wildman–Crippen MR) is 150 cm³/mol. The fourth-order valence-corrected chi connectivity index (χ4v) is 8.09. The molecule has 4 N–H and O–H groups in total. The van der Waals surface area contributed by atoms with Crippen LogP contribution in [0, 0.1) is 5.92 Å². The molecule has 0 saturated carbocycles. The molecule has 208 valence electrons. The fraction of sp³-hybridized carbons (Fsp3) is 0.517. The number of aliphatic hydroxyl groups is 2. The van der Waals surface area contributed by atoms with Gasteiger partial charge in [-0.25, -0.2) is 0 Å². The van der Waals surface area contributed by atoms with E-state index in [0.717, 1.165) is 11.1 Å². The Kier molecular flexibility index (Phi) is 10.6. The quantitative estimate of drug-likeness (QED) is 0.306. The van der Waals surface area contributed by atoms with Gasteiger partial charge < -0.3 is 30.0 Å². The molecular weight excluding hydrogens is 500 g/mol. The molecule has 2 amide bonds. The highest BCUT2D eigenvalue weighted by molar-refractivity contribution is 6.71. The molecular formula is C29H42N2O6Si. The minimum absolute atomic E-state index is 0.0815. The third-order valence-corrected chi connectivity index (χ3v) is 9.85. The topological polar surface area (TPSA) is 119 Å². The molecule has 1 saturated heterocycles. The normalized spacial score (nSPS) is 22.2. The maximum absolute atomic E-state index is 13.3. The van der Waals surface area contributed by atoms with Crippen LogP contribution in [0.1, 0.15) is 37.8 Å². The van der Waals surface area contributed by atoms with Gasteiger partial charge >= 0.3 is 0 Å². The van der Waals surface area contributed by atoms with Crippen molar-refractivity contribution in [2.45, 2.75) is 76.6 Å². The lowest BCUT2D eigenvalue weighted by Gasteiger charge is -2.31. The molecule has 0 spiro atoms. The van der Waals surface area contributed by atoms with Gasteiger partial charge in [0, 0.05) is 24.3 Å². The number of hydrogen-bond acceptors (Lipinski definition) is 6. The van der Waals surface area contributed by atoms with Crippen molar-refractivity contribution in [1.82, 2.24) is 4.90 Å². The van der Waals surface area contributed by atoms with Gasteiger partial charge in [-0.3, -0.25) is 9.59 Å². The second kappa shape index (κ2) is 13.5. The Bertz CT molecular complexity index is 1060. The largest absolute Gasteiger partial charge is 0.432 e. The standard InChI is InChI=1S/C29H42N2O6Si/c1-20-25(14-13-22-11-8-12-24(17-22)30-29(35)21(2)33)37-26(28(20)38(3,4)36)18-27(34)31(15-16-32)19-23-9-6-5-7-10-23/h5-12,17,20-21,25-26,28,32-33,36H,13-16,18-19H2,1-4H3,(H,30,35)/t20-,21+,25+,26-,28+/m1/s1. The molecule has 1 aliphatic rings. The van der Waals surface area contributed by atoms with Crippen LogP contribution in [0.2, 0.25) is 18.6 Å². The number of amides is 2. The second-order valence-electron chi connectivity index (χ2n) is 10.9. The van der Waals surface area contributed by atoms with E-state index in [1.165, 1.54) is 6.92 Å². The summed E-state index contributed by atoms with van der Waals surface area (Å²) in [6.45, 7) is 7.86. The van der Waals surface area contributed by atoms with E-state index in [2.05, 4.69) is 12.2 Å². The molecule has 0 aliphatic carbocycles. The van der Waals surface area contributed by atoms with Crippen molar-refractivity contribution >= 4 is 25.8 Å². The lowest BCUT2D eigenvalue weighted by Crippen LogP contribution is -2.42. The van der Waals surface area contributed by atoms with E-state index in [0.29, 0.717) is 25.1 Å². The number of rotatable bonds is 12. The van der Waals surface area contributed by atoms with Gasteiger partial charge in [-0.05, 0) is 62.0 Å². The lowest BCUT2D eigenvalue weighted by molar-refractivity contribution is -0.135. The first-order valence-electron chi connectivity index (χ1n) is 13.4. The Hall–Kier alpha value is -2.56. The lowest BCUT2D eigenvalue weighted by atomic mass is 9.95. The molecule has 38 heavy (non-hydrogen) atoms. The number of nitrogens with one attached hydrogen (secondary N) is 1. The number of hydrogen-bond donors (Lipinski definition) is 4. The van der Waals surface area contributed by atoms with Gasteiger partial charge in [0.15, 0.2) is 8.32 Å². The van der Waals surface area contributed by atoms with Gasteiger partial charge in [-0.1, -0.05) is 49.4 Å². The van der Waals surface area contributed by atoms with Crippen LogP contribution >= 0.6 is 0 Å². The highest BCUT2D eigenvalue weighted by atomic mass is 28.4. The molecule has 2 aromatic carbocycles. The summed E-state index contributed by atoms with van der Waals surface area (Å²) in [6, 6.07) is 17.2. The first-order valence-corrected chi connectivity index (χ1v) is 16.4. The summed E-state index contributed by atoms with van der Waals surface area (Å²) < 4.78 is 6.47. The number of aryl methyl sites for hydroxylation is 1. The van der Waals surface area contributed by atoms with Crippen LogP contribution < -0.4 is 5.32 Å². The van der Waals surface area contributed by atoms with Gasteiger partial charge in [0.1, 0.15) is 6.10 Å². The van der Waals surface area contributed by atoms with Gasteiger partial charge in [-0.2, -0.15) is 0 Å². The van der Waals surface area contributed by atoms with Crippen LogP contribution in [-0.2, 0) is 27.3 Å². The molecule has 1 aliphatic heterocycles. The maximum atomic E-state index is 13.3. The summed E-state index contributed by atoms with van der Waals surface area (Å²) >= 11 is 0. The highest BCUT2D eigenvalue weighted by Gasteiger charge is 2.50. The molecule has 8 nitrogen and oxygen atoms in total. The van der Waals surface area contributed by atoms with Crippen LogP contribution in [0.5, 0.6) is 0 Å². The number of ether oxygens (including phenoxy) is 1. The monoisotopic (exact) mass is 542 g/mol. The van der Waals surface area contributed by atoms with E-state index in [1.807, 2.05) is 61.6 Å². The Labute approximate surface area is 226 Å². The molecule has 0 radical (unpaired) electrons. The number of carbonyl (C=O) groups excluding carboxylic acids is 2. The number of nitrogens with zero attached hydrogens (tertiary/aromatic N) is 1. The van der Waals surface area contributed by atoms with Crippen molar-refractivity contribution in [2.24, 2.45) is 5.92 Å². The van der Waals surface area contributed by atoms with E-state index < -0.39 is 20.3 Å². The molecule has 0 aromatic heterocycles. The van der Waals surface area contributed by atoms with Crippen LogP contribution in [0.15, 0.2) is 54.6 Å². The smallest absolute Gasteiger partial charge is 0.252 e. The van der Waals surface area contributed by atoms with Gasteiger partial charge in [-0.15, -0.1) is 0 Å². The summed E-state index contributed by atoms with van der Waals surface area (Å²) in [7, 11) is -2.65. The zero-order valence-electron chi connectivity index (χ0n) is 22.8. The number of aliphatic hydroxyl groups excluding tert-OH is 2. The summed E-state index contributed by atoms with van der Waals surface area (Å²) in [6.07, 6.45) is -0.00865. The minimum Gasteiger partial charge on any atom is -0.432 e. The van der Waals surface area contributed by atoms with E-state index in [-0.39, 0.29) is 49.1 Å². The van der Waals surface area contributed by atoms with E-state index >= 15 is 0 Å². The number of carbonyl (C=O) groups is 2. The predicted octanol–water partition coefficient (Wildman–Crippen LogP) is 3.32. The van der Waals surface area contributed by atoms with Crippen LogP contribution in [-0.4, -0.2) is 71.5 Å². The summed E-state index contributed by atoms with van der Waals surface area (Å²) in [5.74, 6) is -0.466. The van der Waals surface area contributed by atoms with Crippen molar-refractivity contribution < 1.29 is 29.3 Å². The molecule has 1 fully saturated rings. The highest BCUT2D eigenvalue weighted by Crippen LogP contribution is 2.45. The molecule has 3 rings (SSSR count). The maximum Gasteiger partial charge on any atom is 0.252 e. The summed E-state index contributed by atoms with van der Waals surface area (Å²) in [5.41, 5.74) is 2.55. The average Bonchev–Trinajstić information content (AvgIpc) is 3.18. The first-order chi connectivity index (χ1) is 18.0. The molecule has 2 aromatic rings. The summed E-state index contributed by atoms with van der Waals surface area (Å²) in [5, 5.41) is 21.7. The third-order valence-electron chi connectivity index (χ3n) is 7.32. The fourth-order valence-electron chi connectivity index (χ4n) is 5.49. The zero-order valence-corrected chi connectivity index (χ0v) is 23.8. The van der Waals surface area contributed by atoms with Crippen molar-refractivity contribution in [2.75, 3.05) is 18.5 Å². The van der Waals surface area contributed by atoms with Crippen LogP contribution in [0.25, 0.3) is 0 Å². The number of benzene rings is 2. The SMILES string of the molecule is C[C@H]1[C@H]([Si](C)(C)O)[C@@H](CC(=O)N(CCO)Cc2ccccc2)O[C@H]1CCc1cccc(NC(=O)[C@H](C)O)c1. The average molecular weight is 543 g/mol.